The SMILES string of the molecule is C[N+]1=C(C=CC2=C(Cl)C(=CC=C3N(CCCS(=O)(=O)[O-])c4cc5oc6ccccc6c5cc4C3(C)C)CC2)C(C)(C)c2cc3c(cc21)oc1ccccc13.[K+]. The van der Waals surface area contributed by atoms with Gasteiger partial charge >= 0.3 is 51.4 Å². The molecule has 6 aromatic rings. The van der Waals surface area contributed by atoms with E-state index in [1.165, 1.54) is 11.3 Å². The Morgan fingerprint density at radius 3 is 2.07 bits per heavy atom. The molecule has 0 fully saturated rings. The number of para-hydroxylation sites is 2. The van der Waals surface area contributed by atoms with Crippen LogP contribution in [-0.2, 0) is 20.9 Å². The third-order valence-electron chi connectivity index (χ3n) is 11.8. The van der Waals surface area contributed by atoms with E-state index in [0.29, 0.717) is 6.54 Å². The molecule has 0 saturated carbocycles. The molecular formula is C45H41ClKN2O5S+. The Balaban J connectivity index is 0.00000427. The Bertz CT molecular complexity index is 2870. The van der Waals surface area contributed by atoms with E-state index in [0.717, 1.165) is 95.5 Å². The molecule has 9 rings (SSSR count). The van der Waals surface area contributed by atoms with Crippen LogP contribution in [0, 0.1) is 0 Å². The normalized spacial score (nSPS) is 19.4. The molecule has 0 spiro atoms. The first-order chi connectivity index (χ1) is 25.7. The van der Waals surface area contributed by atoms with Gasteiger partial charge < -0.3 is 18.3 Å². The summed E-state index contributed by atoms with van der Waals surface area (Å²) < 4.78 is 49.5. The molecule has 55 heavy (non-hydrogen) atoms. The third-order valence-corrected chi connectivity index (χ3v) is 13.1. The zero-order valence-electron chi connectivity index (χ0n) is 32.0. The molecule has 0 bridgehead atoms. The molecule has 0 saturated heterocycles. The number of allylic oxidation sites excluding steroid dienone is 8. The van der Waals surface area contributed by atoms with E-state index in [-0.39, 0.29) is 63.2 Å². The molecule has 0 atom stereocenters. The van der Waals surface area contributed by atoms with Crippen molar-refractivity contribution in [2.45, 2.75) is 57.8 Å². The molecule has 2 aliphatic heterocycles. The molecular weight excluding hydrogens is 755 g/mol. The van der Waals surface area contributed by atoms with Gasteiger partial charge in [-0.15, -0.1) is 0 Å². The number of anilines is 1. The number of nitrogens with zero attached hydrogens (tertiary/aromatic N) is 2. The van der Waals surface area contributed by atoms with Gasteiger partial charge in [-0.25, -0.2) is 8.42 Å². The second-order valence-corrected chi connectivity index (χ2v) is 17.7. The maximum atomic E-state index is 11.6. The number of hydrogen-bond donors (Lipinski definition) is 0. The molecule has 3 aliphatic rings. The topological polar surface area (TPSA) is 89.7 Å². The van der Waals surface area contributed by atoms with Crippen LogP contribution in [0.15, 0.2) is 128 Å². The second kappa shape index (κ2) is 14.0. The molecule has 0 N–H and O–H groups in total. The Labute approximate surface area is 368 Å². The molecule has 10 heteroatoms. The smallest absolute Gasteiger partial charge is 0.748 e. The summed E-state index contributed by atoms with van der Waals surface area (Å²) in [7, 11) is -2.23. The van der Waals surface area contributed by atoms with Crippen molar-refractivity contribution in [3.05, 3.63) is 130 Å². The average Bonchev–Trinajstić information content (AvgIpc) is 3.88. The summed E-state index contributed by atoms with van der Waals surface area (Å²) in [5, 5.41) is 5.10. The van der Waals surface area contributed by atoms with E-state index in [9.17, 15) is 13.0 Å². The molecule has 4 heterocycles. The third kappa shape index (κ3) is 6.45. The Hall–Kier alpha value is -3.25. The van der Waals surface area contributed by atoms with Crippen LogP contribution in [0.5, 0.6) is 0 Å². The summed E-state index contributed by atoms with van der Waals surface area (Å²) in [4.78, 5) is 2.14. The fourth-order valence-corrected chi connectivity index (χ4v) is 9.74. The van der Waals surface area contributed by atoms with Crippen LogP contribution in [0.1, 0.15) is 58.1 Å². The van der Waals surface area contributed by atoms with E-state index in [2.05, 4.69) is 111 Å². The zero-order valence-corrected chi connectivity index (χ0v) is 36.7. The van der Waals surface area contributed by atoms with E-state index in [4.69, 9.17) is 20.4 Å². The number of hydrogen-bond acceptors (Lipinski definition) is 6. The van der Waals surface area contributed by atoms with Crippen molar-refractivity contribution >= 4 is 82.7 Å². The quantitative estimate of drug-likeness (QED) is 0.0929. The van der Waals surface area contributed by atoms with E-state index in [1.54, 1.807) is 0 Å². The molecule has 0 unspecified atom stereocenters. The van der Waals surface area contributed by atoms with Crippen molar-refractivity contribution in [3.63, 3.8) is 0 Å². The van der Waals surface area contributed by atoms with Crippen molar-refractivity contribution in [2.75, 3.05) is 24.2 Å². The van der Waals surface area contributed by atoms with Crippen LogP contribution in [0.2, 0.25) is 0 Å². The first kappa shape index (κ1) is 38.6. The first-order valence-electron chi connectivity index (χ1n) is 18.4. The summed E-state index contributed by atoms with van der Waals surface area (Å²) in [5.74, 6) is -0.426. The van der Waals surface area contributed by atoms with Gasteiger partial charge in [-0.3, -0.25) is 0 Å². The van der Waals surface area contributed by atoms with Crippen LogP contribution in [0.4, 0.5) is 11.4 Å². The van der Waals surface area contributed by atoms with Crippen molar-refractivity contribution in [1.29, 1.82) is 0 Å². The van der Waals surface area contributed by atoms with Gasteiger partial charge in [0, 0.05) is 73.4 Å². The van der Waals surface area contributed by atoms with Gasteiger partial charge in [-0.2, -0.15) is 4.58 Å². The molecule has 7 nitrogen and oxygen atoms in total. The second-order valence-electron chi connectivity index (χ2n) is 15.8. The van der Waals surface area contributed by atoms with Gasteiger partial charge in [0.05, 0.1) is 21.6 Å². The van der Waals surface area contributed by atoms with Crippen molar-refractivity contribution in [2.24, 2.45) is 0 Å². The van der Waals surface area contributed by atoms with Gasteiger partial charge in [0.1, 0.15) is 29.4 Å². The average molecular weight is 796 g/mol. The van der Waals surface area contributed by atoms with Crippen LogP contribution in [0.25, 0.3) is 43.9 Å². The summed E-state index contributed by atoms with van der Waals surface area (Å²) in [5.41, 5.74) is 11.6. The predicted octanol–water partition coefficient (Wildman–Crippen LogP) is 7.88. The molecule has 4 aromatic carbocycles. The molecule has 0 amide bonds. The van der Waals surface area contributed by atoms with Gasteiger partial charge in [-0.05, 0) is 80.2 Å². The van der Waals surface area contributed by atoms with Crippen LogP contribution in [0.3, 0.4) is 0 Å². The Morgan fingerprint density at radius 2 is 1.42 bits per heavy atom. The fraction of sp³-hybridized carbons (Fsp3) is 0.267. The summed E-state index contributed by atoms with van der Waals surface area (Å²) >= 11 is 7.13. The molecule has 0 radical (unpaired) electrons. The van der Waals surface area contributed by atoms with Gasteiger partial charge in [0.25, 0.3) is 0 Å². The summed E-state index contributed by atoms with van der Waals surface area (Å²) in [6, 6.07) is 24.9. The Morgan fingerprint density at radius 1 is 0.800 bits per heavy atom. The van der Waals surface area contributed by atoms with Crippen LogP contribution in [-0.4, -0.2) is 42.6 Å². The maximum absolute atomic E-state index is 11.6. The van der Waals surface area contributed by atoms with Gasteiger partial charge in [-0.1, -0.05) is 74.0 Å². The van der Waals surface area contributed by atoms with Gasteiger partial charge in [0.2, 0.25) is 5.69 Å². The zero-order chi connectivity index (χ0) is 37.7. The molecule has 274 valence electrons. The summed E-state index contributed by atoms with van der Waals surface area (Å²) in [6.45, 7) is 9.28. The van der Waals surface area contributed by atoms with E-state index >= 15 is 0 Å². The van der Waals surface area contributed by atoms with Crippen molar-refractivity contribution in [3.8, 4) is 0 Å². The Kier molecular flexibility index (Phi) is 9.82. The first-order valence-corrected chi connectivity index (χ1v) is 20.4. The largest absolute Gasteiger partial charge is 1.00 e. The number of furan rings is 2. The van der Waals surface area contributed by atoms with Gasteiger partial charge in [0.15, 0.2) is 5.71 Å². The van der Waals surface area contributed by atoms with E-state index in [1.807, 2.05) is 30.3 Å². The fourth-order valence-electron chi connectivity index (χ4n) is 8.94. The minimum atomic E-state index is -4.35. The van der Waals surface area contributed by atoms with Crippen LogP contribution < -0.4 is 56.3 Å². The minimum Gasteiger partial charge on any atom is -0.748 e. The molecule has 2 aromatic heterocycles. The number of rotatable bonds is 7. The predicted molar refractivity (Wildman–Crippen MR) is 218 cm³/mol. The van der Waals surface area contributed by atoms with Crippen molar-refractivity contribution < 1.29 is 77.8 Å². The number of halogens is 1. The molecule has 1 aliphatic carbocycles. The minimum absolute atomic E-state index is 0. The monoisotopic (exact) mass is 795 g/mol. The maximum Gasteiger partial charge on any atom is 1.00 e. The number of benzene rings is 4. The van der Waals surface area contributed by atoms with Crippen LogP contribution >= 0.6 is 11.6 Å². The van der Waals surface area contributed by atoms with Crippen molar-refractivity contribution in [1.82, 2.24) is 0 Å². The number of fused-ring (bicyclic) bond motifs is 8. The van der Waals surface area contributed by atoms with E-state index < -0.39 is 21.3 Å². The summed E-state index contributed by atoms with van der Waals surface area (Å²) in [6.07, 6.45) is 10.4. The standard InChI is InChI=1S/C45H41ClN2O5S.K/c1-44(2)33-23-31-29-11-6-8-13-37(29)52-39(31)25-35(33)47(5)41(44)19-17-27-15-16-28(43(27)46)18-20-42-45(3,4)34-24-32-30-12-7-9-14-38(30)53-40(32)26-36(34)48(42)21-10-22-54(49,50)51;/h6-9,11-14,17-20,23-26H,10,15-16,21-22H2,1-5H3;/q;+1.